The zero-order valence-corrected chi connectivity index (χ0v) is 16.8. The SMILES string of the molecule is OC(COc1ccc(Cl)cc1CN1CCC(F)CC1)CN1CCCCCC1. The molecule has 0 saturated carbocycles. The number of aliphatic hydroxyl groups is 1. The number of β-amino-alcohol motifs (C(OH)–C–C–N with tert-alkyl or cyclic N) is 1. The average Bonchev–Trinajstić information content (AvgIpc) is 2.91. The third-order valence-corrected chi connectivity index (χ3v) is 5.77. The van der Waals surface area contributed by atoms with Crippen LogP contribution in [0.3, 0.4) is 0 Å². The van der Waals surface area contributed by atoms with E-state index in [2.05, 4.69) is 9.80 Å². The number of piperidine rings is 1. The van der Waals surface area contributed by atoms with Crippen LogP contribution in [-0.2, 0) is 6.54 Å². The summed E-state index contributed by atoms with van der Waals surface area (Å²) in [5.41, 5.74) is 1.00. The van der Waals surface area contributed by atoms with Crippen LogP contribution in [0.5, 0.6) is 5.75 Å². The lowest BCUT2D eigenvalue weighted by Gasteiger charge is -2.29. The van der Waals surface area contributed by atoms with Gasteiger partial charge in [0.05, 0.1) is 0 Å². The van der Waals surface area contributed by atoms with Crippen LogP contribution in [0.25, 0.3) is 0 Å². The maximum absolute atomic E-state index is 13.4. The molecular formula is C21H32ClFN2O2. The summed E-state index contributed by atoms with van der Waals surface area (Å²) < 4.78 is 19.3. The quantitative estimate of drug-likeness (QED) is 0.755. The first-order valence-electron chi connectivity index (χ1n) is 10.3. The second-order valence-corrected chi connectivity index (χ2v) is 8.32. The van der Waals surface area contributed by atoms with Gasteiger partial charge in [-0.15, -0.1) is 0 Å². The molecule has 1 atom stereocenters. The molecule has 0 aromatic heterocycles. The largest absolute Gasteiger partial charge is 0.491 e. The monoisotopic (exact) mass is 398 g/mol. The number of halogens is 2. The van der Waals surface area contributed by atoms with Crippen LogP contribution < -0.4 is 4.74 Å². The van der Waals surface area contributed by atoms with E-state index < -0.39 is 12.3 Å². The highest BCUT2D eigenvalue weighted by molar-refractivity contribution is 6.30. The Labute approximate surface area is 167 Å². The first-order valence-corrected chi connectivity index (χ1v) is 10.7. The van der Waals surface area contributed by atoms with Crippen molar-refractivity contribution in [1.29, 1.82) is 0 Å². The van der Waals surface area contributed by atoms with Crippen molar-refractivity contribution in [3.63, 3.8) is 0 Å². The average molecular weight is 399 g/mol. The van der Waals surface area contributed by atoms with Gasteiger partial charge in [-0.2, -0.15) is 0 Å². The molecule has 0 radical (unpaired) electrons. The summed E-state index contributed by atoms with van der Waals surface area (Å²) in [7, 11) is 0. The fraction of sp³-hybridized carbons (Fsp3) is 0.714. The Balaban J connectivity index is 1.52. The standard InChI is InChI=1S/C21H32ClFN2O2/c22-18-5-6-21(17(13-18)14-25-11-7-19(23)8-12-25)27-16-20(26)15-24-9-3-1-2-4-10-24/h5-6,13,19-20,26H,1-4,7-12,14-16H2. The summed E-state index contributed by atoms with van der Waals surface area (Å²) >= 11 is 6.17. The molecular weight excluding hydrogens is 367 g/mol. The molecule has 0 amide bonds. The van der Waals surface area contributed by atoms with Gasteiger partial charge in [-0.1, -0.05) is 24.4 Å². The molecule has 3 rings (SSSR count). The van der Waals surface area contributed by atoms with Gasteiger partial charge in [0, 0.05) is 36.8 Å². The van der Waals surface area contributed by atoms with Crippen molar-refractivity contribution in [2.24, 2.45) is 0 Å². The molecule has 1 aromatic rings. The van der Waals surface area contributed by atoms with E-state index in [-0.39, 0.29) is 6.61 Å². The number of hydrogen-bond acceptors (Lipinski definition) is 4. The first kappa shape index (κ1) is 20.8. The zero-order valence-electron chi connectivity index (χ0n) is 16.1. The normalized spacial score (nSPS) is 21.7. The first-order chi connectivity index (χ1) is 13.1. The summed E-state index contributed by atoms with van der Waals surface area (Å²) in [5, 5.41) is 11.1. The van der Waals surface area contributed by atoms with Crippen LogP contribution in [-0.4, -0.2) is 66.5 Å². The Kier molecular flexibility index (Phi) is 8.19. The van der Waals surface area contributed by atoms with Crippen LogP contribution in [0.4, 0.5) is 4.39 Å². The van der Waals surface area contributed by atoms with Gasteiger partial charge >= 0.3 is 0 Å². The van der Waals surface area contributed by atoms with Crippen LogP contribution >= 0.6 is 11.6 Å². The maximum atomic E-state index is 13.4. The molecule has 2 saturated heterocycles. The van der Waals surface area contributed by atoms with E-state index in [1.807, 2.05) is 18.2 Å². The Morgan fingerprint density at radius 1 is 1.07 bits per heavy atom. The maximum Gasteiger partial charge on any atom is 0.124 e. The van der Waals surface area contributed by atoms with Crippen molar-refractivity contribution < 1.29 is 14.2 Å². The molecule has 152 valence electrons. The number of alkyl halides is 1. The Morgan fingerprint density at radius 3 is 2.48 bits per heavy atom. The van der Waals surface area contributed by atoms with Gasteiger partial charge in [0.1, 0.15) is 24.6 Å². The fourth-order valence-electron chi connectivity index (χ4n) is 3.97. The molecule has 6 heteroatoms. The fourth-order valence-corrected chi connectivity index (χ4v) is 4.16. The Morgan fingerprint density at radius 2 is 1.78 bits per heavy atom. The molecule has 2 aliphatic rings. The second kappa shape index (κ2) is 10.6. The molecule has 2 aliphatic heterocycles. The summed E-state index contributed by atoms with van der Waals surface area (Å²) in [6.07, 6.45) is 5.00. The highest BCUT2D eigenvalue weighted by Crippen LogP contribution is 2.26. The molecule has 2 fully saturated rings. The van der Waals surface area contributed by atoms with Crippen molar-refractivity contribution in [2.45, 2.75) is 57.3 Å². The van der Waals surface area contributed by atoms with Crippen LogP contribution in [0.2, 0.25) is 5.02 Å². The molecule has 0 bridgehead atoms. The molecule has 1 N–H and O–H groups in total. The Hall–Kier alpha value is -0.880. The van der Waals surface area contributed by atoms with Crippen molar-refractivity contribution >= 4 is 11.6 Å². The van der Waals surface area contributed by atoms with Gasteiger partial charge in [0.25, 0.3) is 0 Å². The molecule has 0 aliphatic carbocycles. The number of likely N-dealkylation sites (tertiary alicyclic amines) is 2. The highest BCUT2D eigenvalue weighted by atomic mass is 35.5. The second-order valence-electron chi connectivity index (χ2n) is 7.88. The van der Waals surface area contributed by atoms with Crippen molar-refractivity contribution in [3.05, 3.63) is 28.8 Å². The van der Waals surface area contributed by atoms with Gasteiger partial charge < -0.3 is 14.7 Å². The van der Waals surface area contributed by atoms with E-state index in [4.69, 9.17) is 16.3 Å². The molecule has 4 nitrogen and oxygen atoms in total. The summed E-state index contributed by atoms with van der Waals surface area (Å²) in [5.74, 6) is 0.761. The summed E-state index contributed by atoms with van der Waals surface area (Å²) in [6.45, 7) is 5.27. The zero-order chi connectivity index (χ0) is 19.1. The van der Waals surface area contributed by atoms with E-state index in [1.54, 1.807) is 0 Å². The van der Waals surface area contributed by atoms with Crippen molar-refractivity contribution in [1.82, 2.24) is 9.80 Å². The van der Waals surface area contributed by atoms with Gasteiger partial charge in [0.15, 0.2) is 0 Å². The van der Waals surface area contributed by atoms with Crippen LogP contribution in [0.1, 0.15) is 44.1 Å². The topological polar surface area (TPSA) is 35.9 Å². The smallest absolute Gasteiger partial charge is 0.124 e. The highest BCUT2D eigenvalue weighted by Gasteiger charge is 2.20. The number of aliphatic hydroxyl groups excluding tert-OH is 1. The van der Waals surface area contributed by atoms with Gasteiger partial charge in [-0.25, -0.2) is 4.39 Å². The summed E-state index contributed by atoms with van der Waals surface area (Å²) in [6, 6.07) is 5.60. The molecule has 27 heavy (non-hydrogen) atoms. The van der Waals surface area contributed by atoms with Crippen LogP contribution in [0, 0.1) is 0 Å². The summed E-state index contributed by atoms with van der Waals surface area (Å²) in [4.78, 5) is 4.58. The van der Waals surface area contributed by atoms with E-state index in [1.165, 1.54) is 25.7 Å². The van der Waals surface area contributed by atoms with Crippen molar-refractivity contribution in [3.8, 4) is 5.75 Å². The lowest BCUT2D eigenvalue weighted by atomic mass is 10.1. The molecule has 1 unspecified atom stereocenters. The van der Waals surface area contributed by atoms with E-state index >= 15 is 0 Å². The van der Waals surface area contributed by atoms with E-state index in [0.717, 1.165) is 37.5 Å². The minimum absolute atomic E-state index is 0.275. The minimum Gasteiger partial charge on any atom is -0.491 e. The third kappa shape index (κ3) is 6.90. The predicted molar refractivity (Wildman–Crippen MR) is 107 cm³/mol. The lowest BCUT2D eigenvalue weighted by molar-refractivity contribution is 0.0684. The van der Waals surface area contributed by atoms with Crippen molar-refractivity contribution in [2.75, 3.05) is 39.3 Å². The Bertz CT molecular complexity index is 573. The number of ether oxygens (including phenoxy) is 1. The van der Waals surface area contributed by atoms with Gasteiger partial charge in [0.2, 0.25) is 0 Å². The lowest BCUT2D eigenvalue weighted by Crippen LogP contribution is -2.36. The predicted octanol–water partition coefficient (Wildman–Crippen LogP) is 3.89. The molecule has 1 aromatic carbocycles. The third-order valence-electron chi connectivity index (χ3n) is 5.53. The number of hydrogen-bond donors (Lipinski definition) is 1. The van der Waals surface area contributed by atoms with Gasteiger partial charge in [-0.3, -0.25) is 4.90 Å². The van der Waals surface area contributed by atoms with Gasteiger partial charge in [-0.05, 0) is 57.0 Å². The van der Waals surface area contributed by atoms with Crippen LogP contribution in [0.15, 0.2) is 18.2 Å². The number of benzene rings is 1. The number of rotatable bonds is 7. The van der Waals surface area contributed by atoms with E-state index in [9.17, 15) is 9.50 Å². The number of nitrogens with zero attached hydrogens (tertiary/aromatic N) is 2. The molecule has 0 spiro atoms. The molecule has 2 heterocycles. The minimum atomic E-state index is -0.675. The van der Waals surface area contributed by atoms with E-state index in [0.29, 0.717) is 31.0 Å².